The third-order valence-corrected chi connectivity index (χ3v) is 5.01. The third kappa shape index (κ3) is 4.20. The highest BCUT2D eigenvalue weighted by molar-refractivity contribution is 5.66. The van der Waals surface area contributed by atoms with E-state index in [9.17, 15) is 4.79 Å². The maximum Gasteiger partial charge on any atom is 0.303 e. The normalized spacial score (nSPS) is 32.1. The molecule has 0 amide bonds. The van der Waals surface area contributed by atoms with E-state index < -0.39 is 5.97 Å². The number of piperidine rings is 1. The largest absolute Gasteiger partial charge is 0.481 e. The molecule has 3 heteroatoms. The summed E-state index contributed by atoms with van der Waals surface area (Å²) in [6.07, 6.45) is 10.2. The summed E-state index contributed by atoms with van der Waals surface area (Å²) in [5.74, 6) is -0.644. The SMILES string of the molecule is CC1(C)CCCC(N2CCCCC2CCC(=O)O)C1. The zero-order chi connectivity index (χ0) is 13.9. The average Bonchev–Trinajstić information content (AvgIpc) is 2.35. The quantitative estimate of drug-likeness (QED) is 0.844. The van der Waals surface area contributed by atoms with E-state index in [4.69, 9.17) is 5.11 Å². The summed E-state index contributed by atoms with van der Waals surface area (Å²) >= 11 is 0. The second-order valence-corrected chi connectivity index (χ2v) is 7.23. The maximum atomic E-state index is 10.8. The first-order valence-electron chi connectivity index (χ1n) is 7.95. The molecule has 1 aliphatic heterocycles. The van der Waals surface area contributed by atoms with Gasteiger partial charge in [-0.2, -0.15) is 0 Å². The number of rotatable bonds is 4. The van der Waals surface area contributed by atoms with Gasteiger partial charge in [-0.15, -0.1) is 0 Å². The number of hydrogen-bond acceptors (Lipinski definition) is 2. The number of carboxylic acids is 1. The molecular weight excluding hydrogens is 238 g/mol. The molecule has 2 fully saturated rings. The zero-order valence-electron chi connectivity index (χ0n) is 12.5. The molecule has 0 aromatic heterocycles. The summed E-state index contributed by atoms with van der Waals surface area (Å²) < 4.78 is 0. The van der Waals surface area contributed by atoms with E-state index in [1.165, 1.54) is 51.5 Å². The maximum absolute atomic E-state index is 10.8. The molecule has 0 aromatic carbocycles. The number of nitrogens with zero attached hydrogens (tertiary/aromatic N) is 1. The lowest BCUT2D eigenvalue weighted by Gasteiger charge is -2.46. The van der Waals surface area contributed by atoms with Crippen molar-refractivity contribution in [3.05, 3.63) is 0 Å². The van der Waals surface area contributed by atoms with Crippen LogP contribution >= 0.6 is 0 Å². The lowest BCUT2D eigenvalue weighted by Crippen LogP contribution is -2.49. The van der Waals surface area contributed by atoms with Crippen LogP contribution in [0.25, 0.3) is 0 Å². The number of carbonyl (C=O) groups is 1. The van der Waals surface area contributed by atoms with Crippen LogP contribution in [0.5, 0.6) is 0 Å². The first-order valence-corrected chi connectivity index (χ1v) is 7.95. The van der Waals surface area contributed by atoms with Crippen molar-refractivity contribution < 1.29 is 9.90 Å². The Morgan fingerprint density at radius 1 is 1.26 bits per heavy atom. The van der Waals surface area contributed by atoms with Crippen molar-refractivity contribution in [3.8, 4) is 0 Å². The van der Waals surface area contributed by atoms with Gasteiger partial charge in [0.15, 0.2) is 0 Å². The molecule has 0 spiro atoms. The van der Waals surface area contributed by atoms with Gasteiger partial charge < -0.3 is 5.11 Å². The van der Waals surface area contributed by atoms with E-state index >= 15 is 0 Å². The number of carboxylic acid groups (broad SMARTS) is 1. The van der Waals surface area contributed by atoms with E-state index in [-0.39, 0.29) is 0 Å². The predicted octanol–water partition coefficient (Wildman–Crippen LogP) is 3.67. The number of hydrogen-bond donors (Lipinski definition) is 1. The van der Waals surface area contributed by atoms with Gasteiger partial charge in [-0.05, 0) is 50.5 Å². The molecule has 2 unspecified atom stereocenters. The van der Waals surface area contributed by atoms with Crippen LogP contribution in [0.15, 0.2) is 0 Å². The van der Waals surface area contributed by atoms with Crippen molar-refractivity contribution in [2.75, 3.05) is 6.54 Å². The molecule has 2 atom stereocenters. The summed E-state index contributed by atoms with van der Waals surface area (Å²) in [4.78, 5) is 13.5. The molecule has 0 radical (unpaired) electrons. The van der Waals surface area contributed by atoms with Gasteiger partial charge in [0, 0.05) is 18.5 Å². The highest BCUT2D eigenvalue weighted by Crippen LogP contribution is 2.39. The summed E-state index contributed by atoms with van der Waals surface area (Å²) in [6.45, 7) is 5.95. The molecule has 2 aliphatic rings. The lowest BCUT2D eigenvalue weighted by atomic mass is 9.74. The predicted molar refractivity (Wildman–Crippen MR) is 77.3 cm³/mol. The summed E-state index contributed by atoms with van der Waals surface area (Å²) in [5, 5.41) is 8.91. The molecule has 0 bridgehead atoms. The van der Waals surface area contributed by atoms with Crippen molar-refractivity contribution in [2.45, 2.75) is 83.7 Å². The van der Waals surface area contributed by atoms with Crippen molar-refractivity contribution in [3.63, 3.8) is 0 Å². The van der Waals surface area contributed by atoms with Gasteiger partial charge in [-0.3, -0.25) is 9.69 Å². The van der Waals surface area contributed by atoms with E-state index in [1.54, 1.807) is 0 Å². The lowest BCUT2D eigenvalue weighted by molar-refractivity contribution is -0.137. The minimum Gasteiger partial charge on any atom is -0.481 e. The summed E-state index contributed by atoms with van der Waals surface area (Å²) in [5.41, 5.74) is 0.470. The minimum absolute atomic E-state index is 0.331. The van der Waals surface area contributed by atoms with Gasteiger partial charge in [-0.25, -0.2) is 0 Å². The van der Waals surface area contributed by atoms with Crippen molar-refractivity contribution in [2.24, 2.45) is 5.41 Å². The van der Waals surface area contributed by atoms with E-state index in [2.05, 4.69) is 18.7 Å². The highest BCUT2D eigenvalue weighted by Gasteiger charge is 2.35. The van der Waals surface area contributed by atoms with Crippen LogP contribution in [0.3, 0.4) is 0 Å². The first kappa shape index (κ1) is 14.8. The molecule has 1 saturated heterocycles. The van der Waals surface area contributed by atoms with Crippen LogP contribution < -0.4 is 0 Å². The van der Waals surface area contributed by atoms with Crippen molar-refractivity contribution in [1.82, 2.24) is 4.90 Å². The summed E-state index contributed by atoms with van der Waals surface area (Å²) in [7, 11) is 0. The molecule has 3 nitrogen and oxygen atoms in total. The van der Waals surface area contributed by atoms with Gasteiger partial charge in [0.1, 0.15) is 0 Å². The Morgan fingerprint density at radius 3 is 2.74 bits per heavy atom. The minimum atomic E-state index is -0.644. The second-order valence-electron chi connectivity index (χ2n) is 7.23. The zero-order valence-corrected chi connectivity index (χ0v) is 12.5. The van der Waals surface area contributed by atoms with Crippen LogP contribution in [-0.4, -0.2) is 34.6 Å². The molecule has 1 aliphatic carbocycles. The monoisotopic (exact) mass is 267 g/mol. The van der Waals surface area contributed by atoms with Crippen LogP contribution in [-0.2, 0) is 4.79 Å². The molecule has 110 valence electrons. The third-order valence-electron chi connectivity index (χ3n) is 5.01. The van der Waals surface area contributed by atoms with Gasteiger partial charge in [-0.1, -0.05) is 26.7 Å². The smallest absolute Gasteiger partial charge is 0.303 e. The van der Waals surface area contributed by atoms with Gasteiger partial charge >= 0.3 is 5.97 Å². The Morgan fingerprint density at radius 2 is 2.05 bits per heavy atom. The molecule has 1 saturated carbocycles. The topological polar surface area (TPSA) is 40.5 Å². The van der Waals surface area contributed by atoms with Crippen LogP contribution in [0.1, 0.15) is 71.6 Å². The Hall–Kier alpha value is -0.570. The molecule has 1 heterocycles. The fourth-order valence-electron chi connectivity index (χ4n) is 4.05. The van der Waals surface area contributed by atoms with Crippen molar-refractivity contribution >= 4 is 5.97 Å². The van der Waals surface area contributed by atoms with E-state index in [0.29, 0.717) is 23.9 Å². The van der Waals surface area contributed by atoms with Gasteiger partial charge in [0.2, 0.25) is 0 Å². The van der Waals surface area contributed by atoms with Gasteiger partial charge in [0.25, 0.3) is 0 Å². The molecule has 19 heavy (non-hydrogen) atoms. The van der Waals surface area contributed by atoms with Crippen molar-refractivity contribution in [1.29, 1.82) is 0 Å². The highest BCUT2D eigenvalue weighted by atomic mass is 16.4. The van der Waals surface area contributed by atoms with Crippen LogP contribution in [0.4, 0.5) is 0 Å². The Balaban J connectivity index is 1.96. The fourth-order valence-corrected chi connectivity index (χ4v) is 4.05. The molecule has 1 N–H and O–H groups in total. The summed E-state index contributed by atoms with van der Waals surface area (Å²) in [6, 6.07) is 1.21. The second kappa shape index (κ2) is 6.25. The van der Waals surface area contributed by atoms with E-state index in [1.807, 2.05) is 0 Å². The Kier molecular flexibility index (Phi) is 4.88. The standard InChI is InChI=1S/C16H29NO2/c1-16(2)10-5-7-14(12-16)17-11-4-3-6-13(17)8-9-15(18)19/h13-14H,3-12H2,1-2H3,(H,18,19). The first-order chi connectivity index (χ1) is 8.98. The number of likely N-dealkylation sites (tertiary alicyclic amines) is 1. The van der Waals surface area contributed by atoms with E-state index in [0.717, 1.165) is 6.42 Å². The number of aliphatic carboxylic acids is 1. The molecule has 2 rings (SSSR count). The van der Waals surface area contributed by atoms with Gasteiger partial charge in [0.05, 0.1) is 0 Å². The Bertz CT molecular complexity index is 314. The average molecular weight is 267 g/mol. The fraction of sp³-hybridized carbons (Fsp3) is 0.938. The molecule has 0 aromatic rings. The molecular formula is C16H29NO2. The van der Waals surface area contributed by atoms with Crippen LogP contribution in [0, 0.1) is 5.41 Å². The Labute approximate surface area is 117 Å². The van der Waals surface area contributed by atoms with Crippen LogP contribution in [0.2, 0.25) is 0 Å².